The number of fused-ring (bicyclic) bond motifs is 3. The van der Waals surface area contributed by atoms with Crippen LogP contribution in [0.25, 0.3) is 39.3 Å². The maximum Gasteiger partial charge on any atom is 0.138 e. The van der Waals surface area contributed by atoms with Crippen LogP contribution in [-0.4, -0.2) is 9.97 Å². The minimum atomic E-state index is 0.886. The van der Waals surface area contributed by atoms with Crippen LogP contribution in [-0.2, 0) is 0 Å². The normalized spacial score (nSPS) is 11.9. The molecular formula is C22H22N2O. The second kappa shape index (κ2) is 6.98. The molecule has 3 heterocycles. The van der Waals surface area contributed by atoms with Crippen LogP contribution in [0.3, 0.4) is 0 Å². The van der Waals surface area contributed by atoms with E-state index < -0.39 is 0 Å². The quantitative estimate of drug-likeness (QED) is 0.406. The molecule has 0 radical (unpaired) electrons. The van der Waals surface area contributed by atoms with Crippen LogP contribution >= 0.6 is 0 Å². The van der Waals surface area contributed by atoms with Gasteiger partial charge in [-0.15, -0.1) is 0 Å². The van der Waals surface area contributed by atoms with Crippen LogP contribution in [0.4, 0.5) is 0 Å². The Kier molecular flexibility index (Phi) is 4.38. The SMILES string of the molecule is CCCCCC=Cc1ccnc2[nH]c3ccc(-c4ccco4)cc3c12. The molecule has 3 nitrogen and oxygen atoms in total. The molecule has 0 aliphatic heterocycles. The molecule has 1 aromatic carbocycles. The van der Waals surface area contributed by atoms with Crippen molar-refractivity contribution in [2.45, 2.75) is 32.6 Å². The predicted octanol–water partition coefficient (Wildman–Crippen LogP) is 6.57. The van der Waals surface area contributed by atoms with Crippen LogP contribution in [0, 0.1) is 0 Å². The Hall–Kier alpha value is -2.81. The second-order valence-electron chi connectivity index (χ2n) is 6.38. The summed E-state index contributed by atoms with van der Waals surface area (Å²) in [4.78, 5) is 7.94. The van der Waals surface area contributed by atoms with Crippen LogP contribution < -0.4 is 0 Å². The van der Waals surface area contributed by atoms with E-state index in [0.29, 0.717) is 0 Å². The molecule has 1 N–H and O–H groups in total. The van der Waals surface area contributed by atoms with E-state index in [1.807, 2.05) is 18.3 Å². The molecule has 4 aromatic rings. The predicted molar refractivity (Wildman–Crippen MR) is 104 cm³/mol. The summed E-state index contributed by atoms with van der Waals surface area (Å²) >= 11 is 0. The number of hydrogen-bond acceptors (Lipinski definition) is 2. The highest BCUT2D eigenvalue weighted by atomic mass is 16.3. The third kappa shape index (κ3) is 3.10. The summed E-state index contributed by atoms with van der Waals surface area (Å²) in [7, 11) is 0. The van der Waals surface area contributed by atoms with Gasteiger partial charge in [-0.2, -0.15) is 0 Å². The first-order valence-corrected chi connectivity index (χ1v) is 8.97. The first-order chi connectivity index (χ1) is 12.4. The highest BCUT2D eigenvalue weighted by Gasteiger charge is 2.10. The Balaban J connectivity index is 1.78. The number of benzene rings is 1. The summed E-state index contributed by atoms with van der Waals surface area (Å²) < 4.78 is 5.55. The number of hydrogen-bond donors (Lipinski definition) is 1. The Morgan fingerprint density at radius 3 is 2.96 bits per heavy atom. The summed E-state index contributed by atoms with van der Waals surface area (Å²) in [5.41, 5.74) is 4.33. The Labute approximate surface area is 147 Å². The average Bonchev–Trinajstić information content (AvgIpc) is 3.29. The van der Waals surface area contributed by atoms with Gasteiger partial charge in [-0.1, -0.05) is 31.9 Å². The number of pyridine rings is 1. The van der Waals surface area contributed by atoms with Crippen molar-refractivity contribution < 1.29 is 4.42 Å². The molecule has 0 spiro atoms. The molecule has 0 saturated heterocycles. The van der Waals surface area contributed by atoms with Crippen molar-refractivity contribution in [2.24, 2.45) is 0 Å². The molecule has 0 atom stereocenters. The Bertz CT molecular complexity index is 1010. The Morgan fingerprint density at radius 2 is 2.12 bits per heavy atom. The zero-order valence-electron chi connectivity index (χ0n) is 14.5. The number of nitrogens with zero attached hydrogens (tertiary/aromatic N) is 1. The number of rotatable bonds is 6. The second-order valence-corrected chi connectivity index (χ2v) is 6.38. The molecule has 4 rings (SSSR count). The highest BCUT2D eigenvalue weighted by molar-refractivity contribution is 6.10. The molecule has 0 amide bonds. The minimum Gasteiger partial charge on any atom is -0.464 e. The fourth-order valence-corrected chi connectivity index (χ4v) is 3.30. The van der Waals surface area contributed by atoms with E-state index in [0.717, 1.165) is 28.9 Å². The number of nitrogens with one attached hydrogen (secondary N) is 1. The van der Waals surface area contributed by atoms with Gasteiger partial charge in [-0.05, 0) is 54.8 Å². The van der Waals surface area contributed by atoms with Gasteiger partial charge in [-0.3, -0.25) is 0 Å². The molecule has 25 heavy (non-hydrogen) atoms. The third-order valence-electron chi connectivity index (χ3n) is 4.60. The number of unbranched alkanes of at least 4 members (excludes halogenated alkanes) is 3. The highest BCUT2D eigenvalue weighted by Crippen LogP contribution is 2.32. The standard InChI is InChI=1S/C22H22N2O/c1-2-3-4-5-6-8-16-12-13-23-22-21(16)18-15-17(10-11-19(18)24-22)20-9-7-14-25-20/h6-15H,2-5H2,1H3,(H,23,24). The zero-order chi connectivity index (χ0) is 17.1. The number of aromatic amines is 1. The van der Waals surface area contributed by atoms with Crippen LogP contribution in [0.5, 0.6) is 0 Å². The molecule has 0 aliphatic rings. The first kappa shape index (κ1) is 15.7. The summed E-state index contributed by atoms with van der Waals surface area (Å²) in [6, 6.07) is 12.4. The fourth-order valence-electron chi connectivity index (χ4n) is 3.30. The van der Waals surface area contributed by atoms with Crippen molar-refractivity contribution in [3.8, 4) is 11.3 Å². The van der Waals surface area contributed by atoms with E-state index in [1.165, 1.54) is 35.6 Å². The van der Waals surface area contributed by atoms with Gasteiger partial charge in [0.05, 0.1) is 6.26 Å². The monoisotopic (exact) mass is 330 g/mol. The number of H-pyrrole nitrogens is 1. The van der Waals surface area contributed by atoms with Gasteiger partial charge in [0.1, 0.15) is 11.4 Å². The molecule has 0 bridgehead atoms. The lowest BCUT2D eigenvalue weighted by atomic mass is 10.0. The van der Waals surface area contributed by atoms with Crippen molar-refractivity contribution >= 4 is 28.0 Å². The van der Waals surface area contributed by atoms with Gasteiger partial charge < -0.3 is 9.40 Å². The summed E-state index contributed by atoms with van der Waals surface area (Å²) in [5, 5.41) is 2.36. The molecule has 0 unspecified atom stereocenters. The molecule has 3 heteroatoms. The van der Waals surface area contributed by atoms with Crippen LogP contribution in [0.15, 0.2) is 59.4 Å². The van der Waals surface area contributed by atoms with Gasteiger partial charge in [0.15, 0.2) is 0 Å². The van der Waals surface area contributed by atoms with E-state index in [-0.39, 0.29) is 0 Å². The van der Waals surface area contributed by atoms with E-state index in [1.54, 1.807) is 6.26 Å². The van der Waals surface area contributed by atoms with E-state index in [2.05, 4.69) is 53.3 Å². The lowest BCUT2D eigenvalue weighted by molar-refractivity contribution is 0.582. The first-order valence-electron chi connectivity index (χ1n) is 8.97. The molecule has 0 saturated carbocycles. The van der Waals surface area contributed by atoms with Crippen molar-refractivity contribution in [3.05, 3.63) is 60.5 Å². The molecule has 126 valence electrons. The number of aromatic nitrogens is 2. The van der Waals surface area contributed by atoms with E-state index >= 15 is 0 Å². The van der Waals surface area contributed by atoms with E-state index in [9.17, 15) is 0 Å². The lowest BCUT2D eigenvalue weighted by Gasteiger charge is -2.00. The third-order valence-corrected chi connectivity index (χ3v) is 4.60. The molecule has 0 fully saturated rings. The molecular weight excluding hydrogens is 308 g/mol. The maximum absolute atomic E-state index is 5.55. The zero-order valence-corrected chi connectivity index (χ0v) is 14.5. The van der Waals surface area contributed by atoms with Crippen molar-refractivity contribution in [1.29, 1.82) is 0 Å². The van der Waals surface area contributed by atoms with Gasteiger partial charge >= 0.3 is 0 Å². The van der Waals surface area contributed by atoms with Gasteiger partial charge in [0, 0.05) is 28.0 Å². The molecule has 3 aromatic heterocycles. The van der Waals surface area contributed by atoms with Crippen LogP contribution in [0.2, 0.25) is 0 Å². The van der Waals surface area contributed by atoms with Gasteiger partial charge in [0.25, 0.3) is 0 Å². The summed E-state index contributed by atoms with van der Waals surface area (Å²) in [6.45, 7) is 2.23. The van der Waals surface area contributed by atoms with Crippen LogP contribution in [0.1, 0.15) is 38.2 Å². The number of furan rings is 1. The Morgan fingerprint density at radius 1 is 1.16 bits per heavy atom. The molecule has 0 aliphatic carbocycles. The summed E-state index contributed by atoms with van der Waals surface area (Å²) in [6.07, 6.45) is 13.0. The average molecular weight is 330 g/mol. The van der Waals surface area contributed by atoms with Gasteiger partial charge in [-0.25, -0.2) is 4.98 Å². The topological polar surface area (TPSA) is 41.8 Å². The maximum atomic E-state index is 5.55. The summed E-state index contributed by atoms with van der Waals surface area (Å²) in [5.74, 6) is 0.886. The number of allylic oxidation sites excluding steroid dienone is 1. The van der Waals surface area contributed by atoms with Crippen molar-refractivity contribution in [1.82, 2.24) is 9.97 Å². The minimum absolute atomic E-state index is 0.886. The lowest BCUT2D eigenvalue weighted by Crippen LogP contribution is -1.80. The van der Waals surface area contributed by atoms with Crippen molar-refractivity contribution in [2.75, 3.05) is 0 Å². The van der Waals surface area contributed by atoms with Crippen molar-refractivity contribution in [3.63, 3.8) is 0 Å². The van der Waals surface area contributed by atoms with E-state index in [4.69, 9.17) is 4.42 Å². The fraction of sp³-hybridized carbons (Fsp3) is 0.227. The van der Waals surface area contributed by atoms with Gasteiger partial charge in [0.2, 0.25) is 0 Å². The smallest absolute Gasteiger partial charge is 0.138 e. The largest absolute Gasteiger partial charge is 0.464 e.